The molecule has 5 aromatic rings. The third kappa shape index (κ3) is 4.61. The SMILES string of the molecule is Cc1ccc(Nc2nc(COC(=O)c3ccc4noc(-c5ccc(F)cc5)c4c3)cs2)cc1. The van der Waals surface area contributed by atoms with Crippen molar-refractivity contribution in [3.8, 4) is 11.3 Å². The number of ether oxygens (including phenoxy) is 1. The minimum atomic E-state index is -0.482. The van der Waals surface area contributed by atoms with E-state index in [2.05, 4.69) is 15.5 Å². The summed E-state index contributed by atoms with van der Waals surface area (Å²) < 4.78 is 24.1. The van der Waals surface area contributed by atoms with Crippen LogP contribution in [0.5, 0.6) is 0 Å². The molecule has 0 spiro atoms. The van der Waals surface area contributed by atoms with Gasteiger partial charge in [-0.25, -0.2) is 14.2 Å². The number of esters is 1. The number of benzene rings is 3. The zero-order chi connectivity index (χ0) is 22.8. The molecule has 0 saturated carbocycles. The maximum Gasteiger partial charge on any atom is 0.338 e. The van der Waals surface area contributed by atoms with E-state index in [9.17, 15) is 9.18 Å². The number of nitrogens with one attached hydrogen (secondary N) is 1. The molecule has 164 valence electrons. The third-order valence-electron chi connectivity index (χ3n) is 5.02. The maximum atomic E-state index is 13.2. The molecule has 6 nitrogen and oxygen atoms in total. The fraction of sp³-hybridized carbons (Fsp3) is 0.0800. The molecule has 2 aromatic heterocycles. The fourth-order valence-corrected chi connectivity index (χ4v) is 4.01. The molecule has 0 aliphatic heterocycles. The predicted molar refractivity (Wildman–Crippen MR) is 125 cm³/mol. The van der Waals surface area contributed by atoms with Gasteiger partial charge in [0.2, 0.25) is 0 Å². The first kappa shape index (κ1) is 20.8. The van der Waals surface area contributed by atoms with E-state index >= 15 is 0 Å². The van der Waals surface area contributed by atoms with E-state index in [1.54, 1.807) is 30.3 Å². The number of rotatable bonds is 6. The molecule has 3 aromatic carbocycles. The molecule has 5 rings (SSSR count). The number of nitrogens with zero attached hydrogens (tertiary/aromatic N) is 2. The fourth-order valence-electron chi connectivity index (χ4n) is 3.29. The highest BCUT2D eigenvalue weighted by Gasteiger charge is 2.15. The van der Waals surface area contributed by atoms with Gasteiger partial charge in [0.25, 0.3) is 0 Å². The molecule has 0 unspecified atom stereocenters. The lowest BCUT2D eigenvalue weighted by atomic mass is 10.1. The van der Waals surface area contributed by atoms with Gasteiger partial charge in [-0.15, -0.1) is 11.3 Å². The highest BCUT2D eigenvalue weighted by molar-refractivity contribution is 7.13. The van der Waals surface area contributed by atoms with Crippen molar-refractivity contribution >= 4 is 39.0 Å². The van der Waals surface area contributed by atoms with Crippen molar-refractivity contribution in [1.29, 1.82) is 0 Å². The molecule has 0 fully saturated rings. The van der Waals surface area contributed by atoms with Crippen LogP contribution in [0.2, 0.25) is 0 Å². The molecule has 0 atom stereocenters. The van der Waals surface area contributed by atoms with Crippen LogP contribution in [-0.4, -0.2) is 16.1 Å². The van der Waals surface area contributed by atoms with Crippen LogP contribution in [0.25, 0.3) is 22.2 Å². The summed E-state index contributed by atoms with van der Waals surface area (Å²) in [6.45, 7) is 2.08. The van der Waals surface area contributed by atoms with Gasteiger partial charge in [-0.05, 0) is 61.5 Å². The van der Waals surface area contributed by atoms with Gasteiger partial charge in [-0.2, -0.15) is 0 Å². The van der Waals surface area contributed by atoms with Crippen molar-refractivity contribution in [2.24, 2.45) is 0 Å². The molecule has 0 saturated heterocycles. The summed E-state index contributed by atoms with van der Waals surface area (Å²) in [6, 6.07) is 18.9. The number of halogens is 1. The molecular weight excluding hydrogens is 441 g/mol. The molecule has 0 bridgehead atoms. The Morgan fingerprint density at radius 3 is 2.67 bits per heavy atom. The molecule has 33 heavy (non-hydrogen) atoms. The monoisotopic (exact) mass is 459 g/mol. The lowest BCUT2D eigenvalue weighted by Crippen LogP contribution is -2.05. The molecule has 0 aliphatic carbocycles. The minimum Gasteiger partial charge on any atom is -0.456 e. The summed E-state index contributed by atoms with van der Waals surface area (Å²) in [5.41, 5.74) is 4.40. The van der Waals surface area contributed by atoms with Gasteiger partial charge in [0, 0.05) is 16.6 Å². The summed E-state index contributed by atoms with van der Waals surface area (Å²) >= 11 is 1.44. The summed E-state index contributed by atoms with van der Waals surface area (Å²) in [5, 5.41) is 10.5. The number of carbonyl (C=O) groups is 1. The normalized spacial score (nSPS) is 11.0. The summed E-state index contributed by atoms with van der Waals surface area (Å²) in [4.78, 5) is 17.1. The molecule has 0 radical (unpaired) electrons. The lowest BCUT2D eigenvalue weighted by molar-refractivity contribution is 0.0468. The first-order chi connectivity index (χ1) is 16.0. The van der Waals surface area contributed by atoms with Crippen molar-refractivity contribution in [3.05, 3.63) is 94.7 Å². The number of hydrogen-bond acceptors (Lipinski definition) is 7. The van der Waals surface area contributed by atoms with Gasteiger partial charge < -0.3 is 14.6 Å². The third-order valence-corrected chi connectivity index (χ3v) is 5.83. The second-order valence-electron chi connectivity index (χ2n) is 7.46. The molecule has 2 heterocycles. The number of hydrogen-bond donors (Lipinski definition) is 1. The summed E-state index contributed by atoms with van der Waals surface area (Å²) in [6.07, 6.45) is 0. The molecule has 0 aliphatic rings. The van der Waals surface area contributed by atoms with Gasteiger partial charge in [-0.3, -0.25) is 0 Å². The van der Waals surface area contributed by atoms with Crippen LogP contribution < -0.4 is 5.32 Å². The Labute approximate surface area is 192 Å². The highest BCUT2D eigenvalue weighted by atomic mass is 32.1. The Hall–Kier alpha value is -4.04. The van der Waals surface area contributed by atoms with Crippen LogP contribution >= 0.6 is 11.3 Å². The van der Waals surface area contributed by atoms with Crippen molar-refractivity contribution < 1.29 is 18.4 Å². The number of anilines is 2. The van der Waals surface area contributed by atoms with Crippen molar-refractivity contribution in [1.82, 2.24) is 10.1 Å². The summed E-state index contributed by atoms with van der Waals surface area (Å²) in [7, 11) is 0. The van der Waals surface area contributed by atoms with E-state index in [0.29, 0.717) is 33.5 Å². The Kier molecular flexibility index (Phi) is 5.58. The number of thiazole rings is 1. The quantitative estimate of drug-likeness (QED) is 0.292. The maximum absolute atomic E-state index is 13.2. The Morgan fingerprint density at radius 2 is 1.88 bits per heavy atom. The van der Waals surface area contributed by atoms with E-state index in [0.717, 1.165) is 10.8 Å². The van der Waals surface area contributed by atoms with Crippen LogP contribution in [0.4, 0.5) is 15.2 Å². The smallest absolute Gasteiger partial charge is 0.338 e. The second kappa shape index (κ2) is 8.84. The van der Waals surface area contributed by atoms with Crippen LogP contribution in [-0.2, 0) is 11.3 Å². The molecule has 0 amide bonds. The largest absolute Gasteiger partial charge is 0.456 e. The topological polar surface area (TPSA) is 77.3 Å². The Morgan fingerprint density at radius 1 is 1.09 bits per heavy atom. The molecular formula is C25H18FN3O3S. The average Bonchev–Trinajstić information content (AvgIpc) is 3.46. The number of carbonyl (C=O) groups excluding carboxylic acids is 1. The Balaban J connectivity index is 1.27. The van der Waals surface area contributed by atoms with Crippen molar-refractivity contribution in [3.63, 3.8) is 0 Å². The van der Waals surface area contributed by atoms with Gasteiger partial charge in [0.1, 0.15) is 17.9 Å². The van der Waals surface area contributed by atoms with Crippen LogP contribution in [0.3, 0.4) is 0 Å². The van der Waals surface area contributed by atoms with Crippen LogP contribution in [0.15, 0.2) is 76.6 Å². The van der Waals surface area contributed by atoms with E-state index < -0.39 is 5.97 Å². The average molecular weight is 460 g/mol. The van der Waals surface area contributed by atoms with Crippen molar-refractivity contribution in [2.45, 2.75) is 13.5 Å². The predicted octanol–water partition coefficient (Wildman–Crippen LogP) is 6.50. The zero-order valence-corrected chi connectivity index (χ0v) is 18.4. The first-order valence-corrected chi connectivity index (χ1v) is 11.0. The zero-order valence-electron chi connectivity index (χ0n) is 17.5. The molecule has 8 heteroatoms. The van der Waals surface area contributed by atoms with Crippen LogP contribution in [0.1, 0.15) is 21.6 Å². The number of aromatic nitrogens is 2. The van der Waals surface area contributed by atoms with E-state index in [1.807, 2.05) is 36.6 Å². The van der Waals surface area contributed by atoms with Crippen molar-refractivity contribution in [2.75, 3.05) is 5.32 Å². The van der Waals surface area contributed by atoms with Crippen LogP contribution in [0, 0.1) is 12.7 Å². The van der Waals surface area contributed by atoms with Gasteiger partial charge in [0.05, 0.1) is 16.6 Å². The minimum absolute atomic E-state index is 0.0530. The van der Waals surface area contributed by atoms with Gasteiger partial charge >= 0.3 is 5.97 Å². The first-order valence-electron chi connectivity index (χ1n) is 10.2. The summed E-state index contributed by atoms with van der Waals surface area (Å²) in [5.74, 6) is -0.360. The van der Waals surface area contributed by atoms with Gasteiger partial charge in [0.15, 0.2) is 10.9 Å². The van der Waals surface area contributed by atoms with E-state index in [1.165, 1.54) is 29.0 Å². The highest BCUT2D eigenvalue weighted by Crippen LogP contribution is 2.30. The van der Waals surface area contributed by atoms with E-state index in [4.69, 9.17) is 9.26 Å². The lowest BCUT2D eigenvalue weighted by Gasteiger charge is -2.04. The Bertz CT molecular complexity index is 1430. The molecule has 1 N–H and O–H groups in total. The number of aryl methyl sites for hydroxylation is 1. The van der Waals surface area contributed by atoms with Gasteiger partial charge in [-0.1, -0.05) is 22.9 Å². The van der Waals surface area contributed by atoms with E-state index in [-0.39, 0.29) is 12.4 Å². The number of fused-ring (bicyclic) bond motifs is 1. The standard InChI is InChI=1S/C25H18FN3O3S/c1-15-2-9-19(10-3-15)27-25-28-20(14-33-25)13-31-24(30)17-6-11-22-21(12-17)23(32-29-22)16-4-7-18(26)8-5-16/h2-12,14H,13H2,1H3,(H,27,28). The second-order valence-corrected chi connectivity index (χ2v) is 8.32.